The van der Waals surface area contributed by atoms with E-state index < -0.39 is 0 Å². The molecule has 0 aromatic heterocycles. The zero-order chi connectivity index (χ0) is 11.8. The summed E-state index contributed by atoms with van der Waals surface area (Å²) in [5.41, 5.74) is 2.49. The zero-order valence-corrected chi connectivity index (χ0v) is 10.4. The average molecular weight is 236 g/mol. The summed E-state index contributed by atoms with van der Waals surface area (Å²) in [7, 11) is 0. The molecule has 0 saturated heterocycles. The summed E-state index contributed by atoms with van der Waals surface area (Å²) in [6, 6.07) is 16.9. The number of rotatable bonds is 1. The lowest BCUT2D eigenvalue weighted by Crippen LogP contribution is -1.90. The van der Waals surface area contributed by atoms with Gasteiger partial charge in [-0.05, 0) is 34.0 Å². The number of benzene rings is 3. The van der Waals surface area contributed by atoms with Gasteiger partial charge in [-0.2, -0.15) is 0 Å². The first kappa shape index (κ1) is 10.4. The van der Waals surface area contributed by atoms with Crippen LogP contribution in [0.2, 0.25) is 0 Å². The molecule has 0 fully saturated rings. The maximum Gasteiger partial charge on any atom is 0.00986 e. The van der Waals surface area contributed by atoms with Gasteiger partial charge in [0.2, 0.25) is 0 Å². The molecule has 0 aliphatic heterocycles. The maximum absolute atomic E-state index is 5.19. The van der Waals surface area contributed by atoms with Crippen LogP contribution in [0.1, 0.15) is 11.1 Å². The van der Waals surface area contributed by atoms with Crippen molar-refractivity contribution in [1.82, 2.24) is 0 Å². The second kappa shape index (κ2) is 3.94. The van der Waals surface area contributed by atoms with Crippen LogP contribution >= 0.6 is 12.2 Å². The Morgan fingerprint density at radius 2 is 1.18 bits per heavy atom. The second-order valence-corrected chi connectivity index (χ2v) is 4.48. The van der Waals surface area contributed by atoms with Crippen LogP contribution in [0.4, 0.5) is 0 Å². The van der Waals surface area contributed by atoms with E-state index in [9.17, 15) is 0 Å². The molecule has 3 aromatic carbocycles. The molecule has 0 aliphatic rings. The van der Waals surface area contributed by atoms with Gasteiger partial charge >= 0.3 is 0 Å². The van der Waals surface area contributed by atoms with Crippen molar-refractivity contribution >= 4 is 39.1 Å². The van der Waals surface area contributed by atoms with E-state index in [1.165, 1.54) is 27.1 Å². The highest BCUT2D eigenvalue weighted by atomic mass is 32.1. The first-order chi connectivity index (χ1) is 8.33. The molecule has 0 aliphatic carbocycles. The number of aryl methyl sites for hydroxylation is 1. The van der Waals surface area contributed by atoms with E-state index in [1.807, 2.05) is 0 Å². The van der Waals surface area contributed by atoms with Crippen LogP contribution < -0.4 is 0 Å². The lowest BCUT2D eigenvalue weighted by molar-refractivity contribution is 1.58. The van der Waals surface area contributed by atoms with E-state index in [-0.39, 0.29) is 0 Å². The van der Waals surface area contributed by atoms with Crippen LogP contribution in [-0.4, -0.2) is 5.37 Å². The van der Waals surface area contributed by atoms with Crippen LogP contribution in [0, 0.1) is 6.92 Å². The Labute approximate surface area is 106 Å². The molecule has 82 valence electrons. The first-order valence-corrected chi connectivity index (χ1v) is 6.15. The third kappa shape index (κ3) is 1.47. The average Bonchev–Trinajstić information content (AvgIpc) is 2.40. The zero-order valence-electron chi connectivity index (χ0n) is 9.60. The molecule has 3 aromatic rings. The van der Waals surface area contributed by atoms with Crippen molar-refractivity contribution in [2.75, 3.05) is 0 Å². The summed E-state index contributed by atoms with van der Waals surface area (Å²) >= 11 is 5.19. The summed E-state index contributed by atoms with van der Waals surface area (Å²) in [4.78, 5) is 0. The Kier molecular flexibility index (Phi) is 2.41. The van der Waals surface area contributed by atoms with E-state index in [0.717, 1.165) is 5.56 Å². The van der Waals surface area contributed by atoms with E-state index in [0.29, 0.717) is 0 Å². The van der Waals surface area contributed by atoms with Crippen LogP contribution in [0.3, 0.4) is 0 Å². The molecule has 0 radical (unpaired) electrons. The predicted molar refractivity (Wildman–Crippen MR) is 78.9 cm³/mol. The van der Waals surface area contributed by atoms with Crippen LogP contribution in [-0.2, 0) is 0 Å². The predicted octanol–water partition coefficient (Wildman–Crippen LogP) is 4.65. The normalized spacial score (nSPS) is 10.9. The lowest BCUT2D eigenvalue weighted by atomic mass is 9.93. The summed E-state index contributed by atoms with van der Waals surface area (Å²) in [5, 5.41) is 6.88. The second-order valence-electron chi connectivity index (χ2n) is 4.25. The van der Waals surface area contributed by atoms with Gasteiger partial charge in [0.25, 0.3) is 0 Å². The quantitative estimate of drug-likeness (QED) is 0.438. The minimum absolute atomic E-state index is 1.16. The molecule has 0 saturated carbocycles. The largest absolute Gasteiger partial charge is 0.0880 e. The van der Waals surface area contributed by atoms with E-state index in [4.69, 9.17) is 12.2 Å². The molecule has 0 spiro atoms. The number of thiocarbonyl (C=S) groups is 1. The van der Waals surface area contributed by atoms with Crippen molar-refractivity contribution in [1.29, 1.82) is 0 Å². The number of hydrogen-bond donors (Lipinski definition) is 0. The molecule has 17 heavy (non-hydrogen) atoms. The lowest BCUT2D eigenvalue weighted by Gasteiger charge is -2.11. The molecule has 3 rings (SSSR count). The monoisotopic (exact) mass is 236 g/mol. The Bertz CT molecular complexity index is 669. The van der Waals surface area contributed by atoms with Gasteiger partial charge in [-0.3, -0.25) is 0 Å². The molecule has 0 amide bonds. The SMILES string of the molecule is Cc1c2ccccc2c(C=S)c2ccccc12. The Morgan fingerprint density at radius 3 is 1.59 bits per heavy atom. The minimum atomic E-state index is 1.16. The summed E-state index contributed by atoms with van der Waals surface area (Å²) < 4.78 is 0. The standard InChI is InChI=1S/C16H12S/c1-11-12-6-2-4-8-14(12)16(10-17)15-9-5-3-7-13(11)15/h2-10H,1H3. The van der Waals surface area contributed by atoms with E-state index >= 15 is 0 Å². The van der Waals surface area contributed by atoms with Crippen LogP contribution in [0.15, 0.2) is 48.5 Å². The number of fused-ring (bicyclic) bond motifs is 2. The Hall–Kier alpha value is -1.73. The molecule has 1 heteroatoms. The third-order valence-corrected chi connectivity index (χ3v) is 3.60. The van der Waals surface area contributed by atoms with Crippen molar-refractivity contribution in [2.24, 2.45) is 0 Å². The fraction of sp³-hybridized carbons (Fsp3) is 0.0625. The molecule has 0 heterocycles. The van der Waals surface area contributed by atoms with E-state index in [1.54, 1.807) is 5.37 Å². The smallest absolute Gasteiger partial charge is 0.00986 e. The summed E-state index contributed by atoms with van der Waals surface area (Å²) in [6.07, 6.45) is 0. The Balaban J connectivity index is 2.68. The molecular weight excluding hydrogens is 224 g/mol. The van der Waals surface area contributed by atoms with Crippen molar-refractivity contribution < 1.29 is 0 Å². The van der Waals surface area contributed by atoms with Gasteiger partial charge in [0.15, 0.2) is 0 Å². The molecule has 0 nitrogen and oxygen atoms in total. The van der Waals surface area contributed by atoms with Gasteiger partial charge in [-0.15, -0.1) is 0 Å². The van der Waals surface area contributed by atoms with E-state index in [2.05, 4.69) is 55.5 Å². The topological polar surface area (TPSA) is 0 Å². The molecular formula is C16H12S. The highest BCUT2D eigenvalue weighted by molar-refractivity contribution is 7.79. The van der Waals surface area contributed by atoms with Gasteiger partial charge in [0.1, 0.15) is 0 Å². The molecule has 0 N–H and O–H groups in total. The van der Waals surface area contributed by atoms with Crippen molar-refractivity contribution in [3.8, 4) is 0 Å². The first-order valence-electron chi connectivity index (χ1n) is 5.68. The van der Waals surface area contributed by atoms with Crippen LogP contribution in [0.25, 0.3) is 21.5 Å². The molecule has 0 bridgehead atoms. The highest BCUT2D eigenvalue weighted by Gasteiger charge is 2.08. The fourth-order valence-corrected chi connectivity index (χ4v) is 2.76. The Morgan fingerprint density at radius 1 is 0.765 bits per heavy atom. The van der Waals surface area contributed by atoms with Crippen molar-refractivity contribution in [3.63, 3.8) is 0 Å². The van der Waals surface area contributed by atoms with Gasteiger partial charge in [-0.25, -0.2) is 0 Å². The van der Waals surface area contributed by atoms with Gasteiger partial charge in [0.05, 0.1) is 0 Å². The fourth-order valence-electron chi connectivity index (χ4n) is 2.51. The summed E-state index contributed by atoms with van der Waals surface area (Å²) in [6.45, 7) is 2.18. The third-order valence-electron chi connectivity index (χ3n) is 3.36. The number of hydrogen-bond acceptors (Lipinski definition) is 1. The van der Waals surface area contributed by atoms with Crippen LogP contribution in [0.5, 0.6) is 0 Å². The van der Waals surface area contributed by atoms with Crippen molar-refractivity contribution in [2.45, 2.75) is 6.92 Å². The van der Waals surface area contributed by atoms with Gasteiger partial charge in [-0.1, -0.05) is 60.7 Å². The van der Waals surface area contributed by atoms with Gasteiger partial charge < -0.3 is 0 Å². The van der Waals surface area contributed by atoms with Gasteiger partial charge in [0, 0.05) is 10.9 Å². The molecule has 0 atom stereocenters. The highest BCUT2D eigenvalue weighted by Crippen LogP contribution is 2.31. The van der Waals surface area contributed by atoms with Crippen molar-refractivity contribution in [3.05, 3.63) is 59.7 Å². The maximum atomic E-state index is 5.19. The molecule has 0 unspecified atom stereocenters. The minimum Gasteiger partial charge on any atom is -0.0880 e. The summed E-state index contributed by atoms with van der Waals surface area (Å²) in [5.74, 6) is 0.